The molecular formula is C24H24N6OS. The molecule has 4 aromatic rings. The molecule has 0 saturated carbocycles. The number of carbonyl (C=O) groups excluding carboxylic acids is 1. The molecule has 0 bridgehead atoms. The van der Waals surface area contributed by atoms with Crippen LogP contribution >= 0.6 is 11.8 Å². The van der Waals surface area contributed by atoms with Gasteiger partial charge in [-0.1, -0.05) is 60.3 Å². The van der Waals surface area contributed by atoms with E-state index in [1.54, 1.807) is 17.2 Å². The van der Waals surface area contributed by atoms with Gasteiger partial charge in [0.15, 0.2) is 5.65 Å². The third-order valence-corrected chi connectivity index (χ3v) is 6.63. The Morgan fingerprint density at radius 1 is 0.906 bits per heavy atom. The number of fused-ring (bicyclic) bond motifs is 1. The molecule has 1 saturated heterocycles. The van der Waals surface area contributed by atoms with E-state index in [0.29, 0.717) is 5.75 Å². The van der Waals surface area contributed by atoms with Crippen LogP contribution in [0.4, 0.5) is 0 Å². The van der Waals surface area contributed by atoms with Crippen molar-refractivity contribution in [1.82, 2.24) is 29.5 Å². The third kappa shape index (κ3) is 4.51. The van der Waals surface area contributed by atoms with Crippen LogP contribution in [0.1, 0.15) is 5.56 Å². The number of thioether (sulfide) groups is 1. The van der Waals surface area contributed by atoms with Gasteiger partial charge in [-0.15, -0.1) is 0 Å². The standard InChI is InChI=1S/C24H24N6OS/c31-22(29-13-11-28(12-14-29)16-19-7-3-1-4-8-19)17-32-24-21-15-27-30(23(21)25-18-26-24)20-9-5-2-6-10-20/h1-10,15,18H,11-14,16-17H2. The minimum atomic E-state index is 0.150. The van der Waals surface area contributed by atoms with Gasteiger partial charge < -0.3 is 4.90 Å². The molecule has 1 amide bonds. The molecule has 162 valence electrons. The van der Waals surface area contributed by atoms with Crippen molar-refractivity contribution in [2.24, 2.45) is 0 Å². The number of nitrogens with zero attached hydrogens (tertiary/aromatic N) is 6. The van der Waals surface area contributed by atoms with Gasteiger partial charge in [-0.2, -0.15) is 5.10 Å². The summed E-state index contributed by atoms with van der Waals surface area (Å²) in [5.74, 6) is 0.512. The SMILES string of the molecule is O=C(CSc1ncnc2c1cnn2-c1ccccc1)N1CCN(Cc2ccccc2)CC1. The molecule has 2 aromatic heterocycles. The summed E-state index contributed by atoms with van der Waals surface area (Å²) in [6, 6.07) is 20.4. The normalized spacial score (nSPS) is 14.7. The molecule has 2 aromatic carbocycles. The molecule has 1 aliphatic rings. The minimum absolute atomic E-state index is 0.150. The fraction of sp³-hybridized carbons (Fsp3) is 0.250. The van der Waals surface area contributed by atoms with Crippen LogP contribution in [0.25, 0.3) is 16.7 Å². The van der Waals surface area contributed by atoms with Gasteiger partial charge in [0.2, 0.25) is 5.91 Å². The molecule has 7 nitrogen and oxygen atoms in total. The molecule has 0 N–H and O–H groups in total. The van der Waals surface area contributed by atoms with Crippen LogP contribution in [0.5, 0.6) is 0 Å². The predicted molar refractivity (Wildman–Crippen MR) is 126 cm³/mol. The van der Waals surface area contributed by atoms with Crippen molar-refractivity contribution in [2.75, 3.05) is 31.9 Å². The van der Waals surface area contributed by atoms with Crippen LogP contribution in [-0.2, 0) is 11.3 Å². The van der Waals surface area contributed by atoms with Gasteiger partial charge >= 0.3 is 0 Å². The number of amides is 1. The molecule has 0 unspecified atom stereocenters. The predicted octanol–water partition coefficient (Wildman–Crippen LogP) is 3.25. The zero-order valence-corrected chi connectivity index (χ0v) is 18.5. The molecule has 0 aliphatic carbocycles. The summed E-state index contributed by atoms with van der Waals surface area (Å²) in [5.41, 5.74) is 3.00. The summed E-state index contributed by atoms with van der Waals surface area (Å²) in [7, 11) is 0. The molecule has 0 radical (unpaired) electrons. The number of carbonyl (C=O) groups is 1. The van der Waals surface area contributed by atoms with Crippen molar-refractivity contribution in [3.8, 4) is 5.69 Å². The van der Waals surface area contributed by atoms with Crippen LogP contribution in [-0.4, -0.2) is 67.4 Å². The highest BCUT2D eigenvalue weighted by atomic mass is 32.2. The molecule has 5 rings (SSSR count). The monoisotopic (exact) mass is 444 g/mol. The Bertz CT molecular complexity index is 1190. The average Bonchev–Trinajstić information content (AvgIpc) is 3.29. The van der Waals surface area contributed by atoms with E-state index in [-0.39, 0.29) is 5.91 Å². The Morgan fingerprint density at radius 3 is 2.38 bits per heavy atom. The van der Waals surface area contributed by atoms with Crippen molar-refractivity contribution in [1.29, 1.82) is 0 Å². The maximum absolute atomic E-state index is 12.8. The first-order valence-electron chi connectivity index (χ1n) is 10.7. The molecule has 8 heteroatoms. The van der Waals surface area contributed by atoms with Crippen LogP contribution in [0.2, 0.25) is 0 Å². The summed E-state index contributed by atoms with van der Waals surface area (Å²) in [6.45, 7) is 4.25. The Hall–Kier alpha value is -3.23. The van der Waals surface area contributed by atoms with Gasteiger partial charge in [0.25, 0.3) is 0 Å². The highest BCUT2D eigenvalue weighted by Crippen LogP contribution is 2.26. The second-order valence-electron chi connectivity index (χ2n) is 7.74. The topological polar surface area (TPSA) is 67.2 Å². The summed E-state index contributed by atoms with van der Waals surface area (Å²) < 4.78 is 1.80. The molecule has 1 aliphatic heterocycles. The lowest BCUT2D eigenvalue weighted by atomic mass is 10.2. The van der Waals surface area contributed by atoms with E-state index in [4.69, 9.17) is 0 Å². The smallest absolute Gasteiger partial charge is 0.233 e. The van der Waals surface area contributed by atoms with E-state index in [0.717, 1.165) is 54.5 Å². The van der Waals surface area contributed by atoms with Gasteiger partial charge in [0, 0.05) is 32.7 Å². The first-order valence-corrected chi connectivity index (χ1v) is 11.7. The summed E-state index contributed by atoms with van der Waals surface area (Å²) in [4.78, 5) is 26.0. The lowest BCUT2D eigenvalue weighted by Gasteiger charge is -2.34. The minimum Gasteiger partial charge on any atom is -0.339 e. The van der Waals surface area contributed by atoms with Gasteiger partial charge in [-0.05, 0) is 17.7 Å². The van der Waals surface area contributed by atoms with Crippen molar-refractivity contribution >= 4 is 28.7 Å². The van der Waals surface area contributed by atoms with Crippen LogP contribution in [0.15, 0.2) is 78.2 Å². The fourth-order valence-corrected chi connectivity index (χ4v) is 4.78. The number of aromatic nitrogens is 4. The Labute approximate surface area is 191 Å². The van der Waals surface area contributed by atoms with Crippen LogP contribution < -0.4 is 0 Å². The fourth-order valence-electron chi connectivity index (χ4n) is 3.91. The average molecular weight is 445 g/mol. The number of hydrogen-bond donors (Lipinski definition) is 0. The molecular weight excluding hydrogens is 420 g/mol. The molecule has 3 heterocycles. The zero-order valence-electron chi connectivity index (χ0n) is 17.7. The third-order valence-electron chi connectivity index (χ3n) is 5.64. The van der Waals surface area contributed by atoms with E-state index in [2.05, 4.69) is 44.2 Å². The van der Waals surface area contributed by atoms with E-state index in [9.17, 15) is 4.79 Å². The van der Waals surface area contributed by atoms with Gasteiger partial charge in [0.05, 0.1) is 23.0 Å². The van der Waals surface area contributed by atoms with Crippen molar-refractivity contribution in [3.63, 3.8) is 0 Å². The second-order valence-corrected chi connectivity index (χ2v) is 8.70. The number of piperazine rings is 1. The second kappa shape index (κ2) is 9.50. The molecule has 32 heavy (non-hydrogen) atoms. The van der Waals surface area contributed by atoms with E-state index < -0.39 is 0 Å². The first kappa shape index (κ1) is 20.7. The largest absolute Gasteiger partial charge is 0.339 e. The van der Waals surface area contributed by atoms with Crippen LogP contribution in [0.3, 0.4) is 0 Å². The summed E-state index contributed by atoms with van der Waals surface area (Å²) in [5, 5.41) is 6.13. The number of hydrogen-bond acceptors (Lipinski definition) is 6. The van der Waals surface area contributed by atoms with Crippen molar-refractivity contribution in [2.45, 2.75) is 11.6 Å². The quantitative estimate of drug-likeness (QED) is 0.336. The van der Waals surface area contributed by atoms with E-state index in [1.807, 2.05) is 41.3 Å². The lowest BCUT2D eigenvalue weighted by molar-refractivity contribution is -0.130. The number of rotatable bonds is 6. The maximum atomic E-state index is 12.8. The number of para-hydroxylation sites is 1. The van der Waals surface area contributed by atoms with E-state index in [1.165, 1.54) is 17.3 Å². The maximum Gasteiger partial charge on any atom is 0.233 e. The van der Waals surface area contributed by atoms with Crippen LogP contribution in [0, 0.1) is 0 Å². The number of benzene rings is 2. The Balaban J connectivity index is 1.19. The molecule has 0 atom stereocenters. The van der Waals surface area contributed by atoms with Crippen molar-refractivity contribution < 1.29 is 4.79 Å². The lowest BCUT2D eigenvalue weighted by Crippen LogP contribution is -2.48. The van der Waals surface area contributed by atoms with Gasteiger partial charge in [-0.3, -0.25) is 9.69 Å². The zero-order chi connectivity index (χ0) is 21.8. The summed E-state index contributed by atoms with van der Waals surface area (Å²) in [6.07, 6.45) is 3.32. The van der Waals surface area contributed by atoms with Crippen molar-refractivity contribution in [3.05, 3.63) is 78.8 Å². The Morgan fingerprint density at radius 2 is 1.62 bits per heavy atom. The molecule has 0 spiro atoms. The highest BCUT2D eigenvalue weighted by Gasteiger charge is 2.22. The van der Waals surface area contributed by atoms with Gasteiger partial charge in [-0.25, -0.2) is 14.6 Å². The summed E-state index contributed by atoms with van der Waals surface area (Å²) >= 11 is 1.45. The van der Waals surface area contributed by atoms with E-state index >= 15 is 0 Å². The highest BCUT2D eigenvalue weighted by molar-refractivity contribution is 8.00. The molecule has 1 fully saturated rings. The first-order chi connectivity index (χ1) is 15.8. The Kier molecular flexibility index (Phi) is 6.13. The van der Waals surface area contributed by atoms with Gasteiger partial charge in [0.1, 0.15) is 11.4 Å².